The summed E-state index contributed by atoms with van der Waals surface area (Å²) in [6.45, 7) is 0. The predicted molar refractivity (Wildman–Crippen MR) is 78.8 cm³/mol. The summed E-state index contributed by atoms with van der Waals surface area (Å²) in [5.41, 5.74) is 5.29. The van der Waals surface area contributed by atoms with Crippen LogP contribution in [0, 0.1) is 0 Å². The van der Waals surface area contributed by atoms with E-state index >= 15 is 0 Å². The Morgan fingerprint density at radius 1 is 1.00 bits per heavy atom. The summed E-state index contributed by atoms with van der Waals surface area (Å²) in [5.74, 6) is 4.84. The summed E-state index contributed by atoms with van der Waals surface area (Å²) in [7, 11) is 0. The van der Waals surface area contributed by atoms with E-state index in [-0.39, 0.29) is 5.91 Å². The van der Waals surface area contributed by atoms with E-state index in [1.54, 1.807) is 12.1 Å². The van der Waals surface area contributed by atoms with Gasteiger partial charge in [-0.05, 0) is 24.3 Å². The van der Waals surface area contributed by atoms with Crippen molar-refractivity contribution in [2.45, 2.75) is 0 Å². The van der Waals surface area contributed by atoms with Crippen LogP contribution in [0.1, 0.15) is 10.4 Å². The predicted octanol–water partition coefficient (Wildman–Crippen LogP) is 2.51. The molecule has 0 fully saturated rings. The molecule has 0 aliphatic heterocycles. The van der Waals surface area contributed by atoms with Crippen molar-refractivity contribution >= 4 is 16.8 Å². The molecule has 0 aliphatic carbocycles. The summed E-state index contributed by atoms with van der Waals surface area (Å²) >= 11 is 0. The second-order valence-corrected chi connectivity index (χ2v) is 4.44. The van der Waals surface area contributed by atoms with E-state index in [4.69, 9.17) is 5.84 Å². The van der Waals surface area contributed by atoms with Crippen molar-refractivity contribution in [3.05, 3.63) is 66.2 Å². The Morgan fingerprint density at radius 3 is 2.70 bits per heavy atom. The summed E-state index contributed by atoms with van der Waals surface area (Å²) in [5, 5.41) is 1.09. The Hall–Kier alpha value is -2.72. The highest BCUT2D eigenvalue weighted by Gasteiger charge is 2.06. The number of fused-ring (bicyclic) bond motifs is 1. The van der Waals surface area contributed by atoms with Gasteiger partial charge < -0.3 is 0 Å². The molecule has 0 atom stereocenters. The fraction of sp³-hybridized carbons (Fsp3) is 0. The fourth-order valence-corrected chi connectivity index (χ4v) is 2.13. The van der Waals surface area contributed by atoms with E-state index in [1.807, 2.05) is 48.5 Å². The molecule has 1 aromatic heterocycles. The lowest BCUT2D eigenvalue weighted by Crippen LogP contribution is -2.29. The highest BCUT2D eigenvalue weighted by atomic mass is 16.2. The lowest BCUT2D eigenvalue weighted by Gasteiger charge is -2.05. The van der Waals surface area contributed by atoms with E-state index in [0.717, 1.165) is 22.2 Å². The monoisotopic (exact) mass is 263 g/mol. The van der Waals surface area contributed by atoms with Crippen molar-refractivity contribution in [1.29, 1.82) is 0 Å². The first-order valence-corrected chi connectivity index (χ1v) is 6.25. The molecule has 3 N–H and O–H groups in total. The molecule has 4 nitrogen and oxygen atoms in total. The maximum Gasteiger partial charge on any atom is 0.265 e. The smallest absolute Gasteiger partial charge is 0.265 e. The van der Waals surface area contributed by atoms with E-state index in [1.165, 1.54) is 0 Å². The number of rotatable bonds is 2. The van der Waals surface area contributed by atoms with Gasteiger partial charge in [0.05, 0.1) is 11.2 Å². The van der Waals surface area contributed by atoms with Gasteiger partial charge in [0.2, 0.25) is 0 Å². The van der Waals surface area contributed by atoms with Crippen LogP contribution in [-0.4, -0.2) is 10.9 Å². The molecule has 3 aromatic rings. The molecule has 3 rings (SSSR count). The average Bonchev–Trinajstić information content (AvgIpc) is 2.53. The Bertz CT molecular complexity index is 783. The molecule has 4 heteroatoms. The molecule has 20 heavy (non-hydrogen) atoms. The minimum atomic E-state index is -0.312. The third kappa shape index (κ3) is 2.24. The van der Waals surface area contributed by atoms with E-state index in [2.05, 4.69) is 10.4 Å². The highest BCUT2D eigenvalue weighted by Crippen LogP contribution is 2.21. The number of hydrazine groups is 1. The molecule has 0 saturated heterocycles. The maximum atomic E-state index is 11.6. The normalized spacial score (nSPS) is 10.4. The number of hydrogen-bond donors (Lipinski definition) is 2. The van der Waals surface area contributed by atoms with Crippen LogP contribution < -0.4 is 11.3 Å². The number of nitrogens with zero attached hydrogens (tertiary/aromatic N) is 1. The van der Waals surface area contributed by atoms with Crippen LogP contribution in [-0.2, 0) is 0 Å². The Labute approximate surface area is 116 Å². The van der Waals surface area contributed by atoms with Crippen LogP contribution in [0.25, 0.3) is 22.2 Å². The van der Waals surface area contributed by atoms with Crippen LogP contribution in [0.15, 0.2) is 60.7 Å². The van der Waals surface area contributed by atoms with Gasteiger partial charge >= 0.3 is 0 Å². The van der Waals surface area contributed by atoms with Gasteiger partial charge in [-0.3, -0.25) is 10.2 Å². The number of hydrogen-bond acceptors (Lipinski definition) is 3. The lowest BCUT2D eigenvalue weighted by atomic mass is 10.1. The zero-order chi connectivity index (χ0) is 13.9. The zero-order valence-electron chi connectivity index (χ0n) is 10.7. The molecule has 0 aliphatic rings. The molecule has 0 spiro atoms. The molecule has 1 amide bonds. The number of pyridine rings is 1. The van der Waals surface area contributed by atoms with Gasteiger partial charge in [0.25, 0.3) is 5.91 Å². The Balaban J connectivity index is 2.08. The third-order valence-electron chi connectivity index (χ3n) is 3.15. The minimum absolute atomic E-state index is 0.312. The first-order valence-electron chi connectivity index (χ1n) is 6.25. The Kier molecular flexibility index (Phi) is 3.15. The van der Waals surface area contributed by atoms with Crippen molar-refractivity contribution in [3.63, 3.8) is 0 Å². The Morgan fingerprint density at radius 2 is 1.85 bits per heavy atom. The van der Waals surface area contributed by atoms with Crippen LogP contribution in [0.3, 0.4) is 0 Å². The fourth-order valence-electron chi connectivity index (χ4n) is 2.13. The largest absolute Gasteiger partial charge is 0.290 e. The van der Waals surface area contributed by atoms with Crippen molar-refractivity contribution in [1.82, 2.24) is 10.4 Å². The molecule has 2 aromatic carbocycles. The number of benzene rings is 2. The standard InChI is InChI=1S/C16H13N3O/c17-19-16(20)13-6-3-5-12(10-13)15-9-8-11-4-1-2-7-14(11)18-15/h1-10H,17H2,(H,19,20). The molecular formula is C16H13N3O. The third-order valence-corrected chi connectivity index (χ3v) is 3.15. The van der Waals surface area contributed by atoms with Crippen LogP contribution >= 0.6 is 0 Å². The summed E-state index contributed by atoms with van der Waals surface area (Å²) in [6, 6.07) is 19.1. The van der Waals surface area contributed by atoms with Crippen molar-refractivity contribution in [2.75, 3.05) is 0 Å². The van der Waals surface area contributed by atoms with Crippen LogP contribution in [0.5, 0.6) is 0 Å². The number of nitrogens with one attached hydrogen (secondary N) is 1. The second-order valence-electron chi connectivity index (χ2n) is 4.44. The van der Waals surface area contributed by atoms with Gasteiger partial charge in [-0.25, -0.2) is 10.8 Å². The number of nitrogen functional groups attached to an aromatic ring is 1. The van der Waals surface area contributed by atoms with Gasteiger partial charge in [0, 0.05) is 16.5 Å². The number of aromatic nitrogens is 1. The van der Waals surface area contributed by atoms with E-state index < -0.39 is 0 Å². The summed E-state index contributed by atoms with van der Waals surface area (Å²) in [6.07, 6.45) is 0. The molecule has 1 heterocycles. The van der Waals surface area contributed by atoms with E-state index in [0.29, 0.717) is 5.56 Å². The lowest BCUT2D eigenvalue weighted by molar-refractivity contribution is 0.0953. The van der Waals surface area contributed by atoms with Crippen molar-refractivity contribution in [3.8, 4) is 11.3 Å². The summed E-state index contributed by atoms with van der Waals surface area (Å²) in [4.78, 5) is 16.2. The number of carbonyl (C=O) groups excluding carboxylic acids is 1. The van der Waals surface area contributed by atoms with Crippen molar-refractivity contribution in [2.24, 2.45) is 5.84 Å². The van der Waals surface area contributed by atoms with E-state index in [9.17, 15) is 4.79 Å². The van der Waals surface area contributed by atoms with Crippen LogP contribution in [0.2, 0.25) is 0 Å². The maximum absolute atomic E-state index is 11.6. The highest BCUT2D eigenvalue weighted by molar-refractivity contribution is 5.95. The van der Waals surface area contributed by atoms with Crippen molar-refractivity contribution < 1.29 is 4.79 Å². The SMILES string of the molecule is NNC(=O)c1cccc(-c2ccc3ccccc3n2)c1. The number of nitrogens with two attached hydrogens (primary N) is 1. The van der Waals surface area contributed by atoms with Gasteiger partial charge in [-0.2, -0.15) is 0 Å². The minimum Gasteiger partial charge on any atom is -0.290 e. The van der Waals surface area contributed by atoms with Crippen LogP contribution in [0.4, 0.5) is 0 Å². The molecule has 98 valence electrons. The van der Waals surface area contributed by atoms with Gasteiger partial charge in [0.1, 0.15) is 0 Å². The number of amides is 1. The molecule has 0 saturated carbocycles. The quantitative estimate of drug-likeness (QED) is 0.424. The first-order chi connectivity index (χ1) is 9.78. The topological polar surface area (TPSA) is 68.0 Å². The molecule has 0 radical (unpaired) electrons. The number of para-hydroxylation sites is 1. The average molecular weight is 263 g/mol. The van der Waals surface area contributed by atoms with Gasteiger partial charge in [-0.15, -0.1) is 0 Å². The summed E-state index contributed by atoms with van der Waals surface area (Å²) < 4.78 is 0. The molecule has 0 unspecified atom stereocenters. The zero-order valence-corrected chi connectivity index (χ0v) is 10.7. The first kappa shape index (κ1) is 12.3. The van der Waals surface area contributed by atoms with Gasteiger partial charge in [0.15, 0.2) is 0 Å². The van der Waals surface area contributed by atoms with Gasteiger partial charge in [-0.1, -0.05) is 36.4 Å². The molecular weight excluding hydrogens is 250 g/mol. The number of carbonyl (C=O) groups is 1. The second kappa shape index (κ2) is 5.11. The molecule has 0 bridgehead atoms.